The zero-order chi connectivity index (χ0) is 16.5. The number of nitrogens with one attached hydrogen (secondary N) is 1. The van der Waals surface area contributed by atoms with Gasteiger partial charge in [-0.2, -0.15) is 0 Å². The van der Waals surface area contributed by atoms with E-state index in [2.05, 4.69) is 26.7 Å². The van der Waals surface area contributed by atoms with E-state index in [0.717, 1.165) is 27.2 Å². The maximum absolute atomic E-state index is 11.4. The van der Waals surface area contributed by atoms with Crippen molar-refractivity contribution in [1.82, 2.24) is 0 Å². The molecule has 4 nitrogen and oxygen atoms in total. The van der Waals surface area contributed by atoms with Crippen molar-refractivity contribution in [3.63, 3.8) is 0 Å². The Hall–Kier alpha value is -1.18. The number of anilines is 1. The first-order chi connectivity index (χ1) is 10.2. The van der Waals surface area contributed by atoms with Crippen LogP contribution in [0.4, 0.5) is 5.69 Å². The molecule has 2 aromatic rings. The highest BCUT2D eigenvalue weighted by atomic mass is 79.9. The van der Waals surface area contributed by atoms with Gasteiger partial charge in [0.2, 0.25) is 10.0 Å². The second-order valence-corrected chi connectivity index (χ2v) is 8.66. The molecule has 0 aliphatic rings. The number of phenols is 1. The van der Waals surface area contributed by atoms with Gasteiger partial charge in [0.1, 0.15) is 0 Å². The molecule has 0 bridgehead atoms. The molecule has 22 heavy (non-hydrogen) atoms. The lowest BCUT2D eigenvalue weighted by Gasteiger charge is -2.14. The number of hydrogen-bond donors (Lipinski definition) is 2. The van der Waals surface area contributed by atoms with Crippen LogP contribution in [-0.2, 0) is 10.0 Å². The third-order valence-electron chi connectivity index (χ3n) is 2.95. The molecule has 0 saturated carbocycles. The minimum Gasteiger partial charge on any atom is -0.505 e. The fourth-order valence-corrected chi connectivity index (χ4v) is 4.09. The minimum absolute atomic E-state index is 0.114. The number of sulfonamides is 1. The van der Waals surface area contributed by atoms with Crippen molar-refractivity contribution < 1.29 is 13.5 Å². The summed E-state index contributed by atoms with van der Waals surface area (Å²) in [5.74, 6) is -0.114. The molecule has 0 atom stereocenters. The summed E-state index contributed by atoms with van der Waals surface area (Å²) in [7, 11) is -3.47. The summed E-state index contributed by atoms with van der Waals surface area (Å²) in [4.78, 5) is 1.91. The third-order valence-corrected chi connectivity index (χ3v) is 5.64. The number of aromatic hydroxyl groups is 1. The summed E-state index contributed by atoms with van der Waals surface area (Å²) in [6.07, 6.45) is 1.05. The van der Waals surface area contributed by atoms with E-state index >= 15 is 0 Å². The van der Waals surface area contributed by atoms with E-state index in [1.807, 2.05) is 32.0 Å². The number of benzene rings is 2. The molecule has 0 fully saturated rings. The molecule has 2 aromatic carbocycles. The Bertz CT molecular complexity index is 820. The zero-order valence-corrected chi connectivity index (χ0v) is 15.6. The Morgan fingerprint density at radius 3 is 2.50 bits per heavy atom. The van der Waals surface area contributed by atoms with Gasteiger partial charge in [0.25, 0.3) is 0 Å². The summed E-state index contributed by atoms with van der Waals surface area (Å²) in [6, 6.07) is 9.66. The second-order valence-electron chi connectivity index (χ2n) is 5.00. The average Bonchev–Trinajstić information content (AvgIpc) is 2.40. The summed E-state index contributed by atoms with van der Waals surface area (Å²) in [5, 5.41) is 10.1. The fraction of sp³-hybridized carbons (Fsp3) is 0.200. The van der Waals surface area contributed by atoms with Gasteiger partial charge < -0.3 is 5.11 Å². The van der Waals surface area contributed by atoms with E-state index in [9.17, 15) is 13.5 Å². The molecule has 0 unspecified atom stereocenters. The fourth-order valence-electron chi connectivity index (χ4n) is 1.90. The van der Waals surface area contributed by atoms with Gasteiger partial charge in [0, 0.05) is 9.79 Å². The smallest absolute Gasteiger partial charge is 0.229 e. The summed E-state index contributed by atoms with van der Waals surface area (Å²) >= 11 is 4.83. The number of aryl methyl sites for hydroxylation is 1. The van der Waals surface area contributed by atoms with E-state index in [0.29, 0.717) is 4.47 Å². The van der Waals surface area contributed by atoms with Crippen LogP contribution in [-0.4, -0.2) is 19.8 Å². The number of phenolic OH excluding ortho intramolecular Hbond substituents is 1. The quantitative estimate of drug-likeness (QED) is 0.749. The lowest BCUT2D eigenvalue weighted by atomic mass is 10.2. The predicted octanol–water partition coefficient (Wildman–Crippen LogP) is 4.29. The molecule has 2 rings (SSSR count). The molecule has 0 radical (unpaired) electrons. The van der Waals surface area contributed by atoms with E-state index in [-0.39, 0.29) is 11.4 Å². The highest BCUT2D eigenvalue weighted by Crippen LogP contribution is 2.42. The average molecular weight is 402 g/mol. The highest BCUT2D eigenvalue weighted by Gasteiger charge is 2.16. The number of halogens is 1. The first kappa shape index (κ1) is 17.2. The Labute approximate surface area is 143 Å². The molecule has 0 spiro atoms. The third kappa shape index (κ3) is 4.18. The Kier molecular flexibility index (Phi) is 5.09. The van der Waals surface area contributed by atoms with Gasteiger partial charge in [-0.25, -0.2) is 8.42 Å². The largest absolute Gasteiger partial charge is 0.505 e. The number of hydrogen-bond acceptors (Lipinski definition) is 4. The molecule has 0 saturated heterocycles. The standard InChI is InChI=1S/C15H16BrNO3S2/c1-9-5-4-6-11(7-9)21-13-8-12(17-22(3,19)20)15(18)14(16)10(13)2/h4-8,17-18H,1-3H3. The Balaban J connectivity index is 2.47. The van der Waals surface area contributed by atoms with Crippen molar-refractivity contribution in [3.05, 3.63) is 45.9 Å². The van der Waals surface area contributed by atoms with E-state index in [1.165, 1.54) is 11.8 Å². The molecule has 0 aliphatic carbocycles. The molecule has 118 valence electrons. The SMILES string of the molecule is Cc1cccc(Sc2cc(NS(C)(=O)=O)c(O)c(Br)c2C)c1. The van der Waals surface area contributed by atoms with Crippen LogP contribution in [0.5, 0.6) is 5.75 Å². The first-order valence-electron chi connectivity index (χ1n) is 6.42. The van der Waals surface area contributed by atoms with Gasteiger partial charge in [-0.05, 0) is 53.5 Å². The highest BCUT2D eigenvalue weighted by molar-refractivity contribution is 9.10. The Morgan fingerprint density at radius 1 is 1.23 bits per heavy atom. The molecule has 0 aromatic heterocycles. The summed E-state index contributed by atoms with van der Waals surface area (Å²) in [6.45, 7) is 3.88. The van der Waals surface area contributed by atoms with Crippen molar-refractivity contribution in [3.8, 4) is 5.75 Å². The maximum atomic E-state index is 11.4. The van der Waals surface area contributed by atoms with Crippen LogP contribution >= 0.6 is 27.7 Å². The molecule has 0 amide bonds. The van der Waals surface area contributed by atoms with Crippen LogP contribution in [0.25, 0.3) is 0 Å². The van der Waals surface area contributed by atoms with Gasteiger partial charge in [-0.3, -0.25) is 4.72 Å². The summed E-state index contributed by atoms with van der Waals surface area (Å²) < 4.78 is 25.7. The predicted molar refractivity (Wildman–Crippen MR) is 94.3 cm³/mol. The van der Waals surface area contributed by atoms with Crippen molar-refractivity contribution in [2.45, 2.75) is 23.6 Å². The second kappa shape index (κ2) is 6.52. The van der Waals surface area contributed by atoms with Gasteiger partial charge in [0.15, 0.2) is 5.75 Å². The van der Waals surface area contributed by atoms with Crippen LogP contribution in [0.3, 0.4) is 0 Å². The van der Waals surface area contributed by atoms with Gasteiger partial charge in [-0.1, -0.05) is 29.5 Å². The molecular formula is C15H16BrNO3S2. The lowest BCUT2D eigenvalue weighted by molar-refractivity contribution is 0.473. The topological polar surface area (TPSA) is 66.4 Å². The normalized spacial score (nSPS) is 11.5. The molecule has 7 heteroatoms. The van der Waals surface area contributed by atoms with E-state index < -0.39 is 10.0 Å². The van der Waals surface area contributed by atoms with E-state index in [4.69, 9.17) is 0 Å². The van der Waals surface area contributed by atoms with Crippen LogP contribution in [0, 0.1) is 13.8 Å². The molecule has 2 N–H and O–H groups in total. The van der Waals surface area contributed by atoms with Gasteiger partial charge in [0.05, 0.1) is 16.4 Å². The van der Waals surface area contributed by atoms with Crippen molar-refractivity contribution >= 4 is 43.4 Å². The van der Waals surface area contributed by atoms with E-state index in [1.54, 1.807) is 6.07 Å². The van der Waals surface area contributed by atoms with Crippen molar-refractivity contribution in [1.29, 1.82) is 0 Å². The molecule has 0 aliphatic heterocycles. The molecular weight excluding hydrogens is 386 g/mol. The van der Waals surface area contributed by atoms with Gasteiger partial charge >= 0.3 is 0 Å². The van der Waals surface area contributed by atoms with Crippen LogP contribution in [0.15, 0.2) is 44.6 Å². The van der Waals surface area contributed by atoms with Crippen LogP contribution in [0.1, 0.15) is 11.1 Å². The monoisotopic (exact) mass is 401 g/mol. The zero-order valence-electron chi connectivity index (χ0n) is 12.3. The minimum atomic E-state index is -3.47. The van der Waals surface area contributed by atoms with Gasteiger partial charge in [-0.15, -0.1) is 0 Å². The summed E-state index contributed by atoms with van der Waals surface area (Å²) in [5.41, 5.74) is 2.16. The maximum Gasteiger partial charge on any atom is 0.229 e. The lowest BCUT2D eigenvalue weighted by Crippen LogP contribution is -2.10. The van der Waals surface area contributed by atoms with Crippen LogP contribution < -0.4 is 4.72 Å². The first-order valence-corrected chi connectivity index (χ1v) is 9.92. The van der Waals surface area contributed by atoms with Crippen molar-refractivity contribution in [2.24, 2.45) is 0 Å². The molecule has 0 heterocycles. The number of rotatable bonds is 4. The van der Waals surface area contributed by atoms with Crippen LogP contribution in [0.2, 0.25) is 0 Å². The van der Waals surface area contributed by atoms with Crippen molar-refractivity contribution in [2.75, 3.05) is 11.0 Å². The Morgan fingerprint density at radius 2 is 1.91 bits per heavy atom.